The molecule has 0 saturated heterocycles. The lowest BCUT2D eigenvalue weighted by atomic mass is 9.85. The fourth-order valence-corrected chi connectivity index (χ4v) is 0.857. The van der Waals surface area contributed by atoms with E-state index < -0.39 is 0 Å². The van der Waals surface area contributed by atoms with E-state index >= 15 is 0 Å². The van der Waals surface area contributed by atoms with Crippen LogP contribution in [-0.2, 0) is 0 Å². The van der Waals surface area contributed by atoms with Crippen molar-refractivity contribution in [3.63, 3.8) is 0 Å². The van der Waals surface area contributed by atoms with Crippen molar-refractivity contribution in [3.8, 4) is 0 Å². The topological polar surface area (TPSA) is 12.0 Å². The van der Waals surface area contributed by atoms with Gasteiger partial charge in [-0.3, -0.25) is 0 Å². The van der Waals surface area contributed by atoms with Gasteiger partial charge < -0.3 is 5.32 Å². The van der Waals surface area contributed by atoms with Crippen LogP contribution in [0.25, 0.3) is 0 Å². The van der Waals surface area contributed by atoms with Gasteiger partial charge >= 0.3 is 0 Å². The largest absolute Gasteiger partial charge is 0.391 e. The highest BCUT2D eigenvalue weighted by Gasteiger charge is 2.17. The lowest BCUT2D eigenvalue weighted by molar-refractivity contribution is 0.432. The minimum atomic E-state index is 0.239. The molecule has 1 N–H and O–H groups in total. The highest BCUT2D eigenvalue weighted by atomic mass is 14.8. The average Bonchev–Trinajstić information content (AvgIpc) is 1.99. The molecule has 1 nitrogen and oxygen atoms in total. The van der Waals surface area contributed by atoms with Crippen LogP contribution in [0.1, 0.15) is 27.7 Å². The summed E-state index contributed by atoms with van der Waals surface area (Å²) in [6.45, 7) is 13.2. The molecular weight excluding hydrogens is 134 g/mol. The first-order chi connectivity index (χ1) is 5.04. The molecule has 0 radical (unpaired) electrons. The van der Waals surface area contributed by atoms with Crippen LogP contribution < -0.4 is 5.32 Å². The van der Waals surface area contributed by atoms with Crippen LogP contribution in [0.2, 0.25) is 0 Å². The molecular formula is C10H19N. The third kappa shape index (κ3) is 3.26. The summed E-state index contributed by atoms with van der Waals surface area (Å²) >= 11 is 0. The quantitative estimate of drug-likeness (QED) is 0.612. The third-order valence-electron chi connectivity index (χ3n) is 2.19. The first kappa shape index (κ1) is 10.3. The normalized spacial score (nSPS) is 12.9. The Morgan fingerprint density at radius 3 is 2.45 bits per heavy atom. The predicted molar refractivity (Wildman–Crippen MR) is 51.4 cm³/mol. The molecule has 0 rings (SSSR count). The van der Waals surface area contributed by atoms with Gasteiger partial charge in [0.2, 0.25) is 0 Å². The minimum absolute atomic E-state index is 0.239. The zero-order valence-corrected chi connectivity index (χ0v) is 8.07. The Bertz CT molecular complexity index is 154. The van der Waals surface area contributed by atoms with Gasteiger partial charge in [-0.25, -0.2) is 0 Å². The number of nitrogens with one attached hydrogen (secondary N) is 1. The van der Waals surface area contributed by atoms with Gasteiger partial charge in [-0.05, 0) is 20.0 Å². The fourth-order valence-electron chi connectivity index (χ4n) is 0.857. The third-order valence-corrected chi connectivity index (χ3v) is 2.19. The van der Waals surface area contributed by atoms with Crippen LogP contribution in [0.15, 0.2) is 24.4 Å². The van der Waals surface area contributed by atoms with Crippen LogP contribution in [0, 0.1) is 5.41 Å². The standard InChI is InChI=1S/C10H19N/c1-6-9(3)10(4,5)8-11-7-2/h6-7,11H,2,8H2,1,3-5H3/b9-6-. The lowest BCUT2D eigenvalue weighted by Gasteiger charge is -2.25. The highest BCUT2D eigenvalue weighted by Crippen LogP contribution is 2.24. The molecule has 0 aromatic carbocycles. The van der Waals surface area contributed by atoms with Gasteiger partial charge in [0.1, 0.15) is 0 Å². The van der Waals surface area contributed by atoms with Crippen LogP contribution in [-0.4, -0.2) is 6.54 Å². The van der Waals surface area contributed by atoms with Gasteiger partial charge in [0, 0.05) is 12.0 Å². The van der Waals surface area contributed by atoms with Crippen molar-refractivity contribution in [1.29, 1.82) is 0 Å². The van der Waals surface area contributed by atoms with E-state index in [4.69, 9.17) is 0 Å². The van der Waals surface area contributed by atoms with Crippen LogP contribution in [0.4, 0.5) is 0 Å². The summed E-state index contributed by atoms with van der Waals surface area (Å²) in [4.78, 5) is 0. The van der Waals surface area contributed by atoms with Crippen molar-refractivity contribution in [3.05, 3.63) is 24.4 Å². The maximum atomic E-state index is 3.62. The molecule has 11 heavy (non-hydrogen) atoms. The van der Waals surface area contributed by atoms with Gasteiger partial charge in [0.05, 0.1) is 0 Å². The summed E-state index contributed by atoms with van der Waals surface area (Å²) in [6, 6.07) is 0. The van der Waals surface area contributed by atoms with Gasteiger partial charge in [-0.2, -0.15) is 0 Å². The molecule has 0 aliphatic rings. The Hall–Kier alpha value is -0.720. The van der Waals surface area contributed by atoms with Gasteiger partial charge in [-0.1, -0.05) is 32.1 Å². The molecule has 0 aliphatic carbocycles. The zero-order valence-electron chi connectivity index (χ0n) is 8.07. The predicted octanol–water partition coefficient (Wildman–Crippen LogP) is 2.71. The minimum Gasteiger partial charge on any atom is -0.391 e. The van der Waals surface area contributed by atoms with E-state index in [1.165, 1.54) is 5.57 Å². The number of allylic oxidation sites excluding steroid dienone is 1. The molecule has 0 atom stereocenters. The van der Waals surface area contributed by atoms with Gasteiger partial charge in [0.25, 0.3) is 0 Å². The Morgan fingerprint density at radius 2 is 2.09 bits per heavy atom. The first-order valence-corrected chi connectivity index (χ1v) is 4.02. The fraction of sp³-hybridized carbons (Fsp3) is 0.600. The van der Waals surface area contributed by atoms with Crippen LogP contribution in [0.3, 0.4) is 0 Å². The molecule has 1 heteroatoms. The van der Waals surface area contributed by atoms with Crippen molar-refractivity contribution >= 4 is 0 Å². The summed E-state index contributed by atoms with van der Waals surface area (Å²) in [7, 11) is 0. The van der Waals surface area contributed by atoms with E-state index in [9.17, 15) is 0 Å². The highest BCUT2D eigenvalue weighted by molar-refractivity contribution is 5.08. The summed E-state index contributed by atoms with van der Waals surface area (Å²) in [5, 5.41) is 3.13. The number of hydrogen-bond acceptors (Lipinski definition) is 1. The van der Waals surface area contributed by atoms with E-state index in [2.05, 4.69) is 45.7 Å². The van der Waals surface area contributed by atoms with Crippen molar-refractivity contribution in [2.75, 3.05) is 6.54 Å². The summed E-state index contributed by atoms with van der Waals surface area (Å²) in [6.07, 6.45) is 3.90. The van der Waals surface area contributed by atoms with Crippen molar-refractivity contribution in [1.82, 2.24) is 5.32 Å². The Balaban J connectivity index is 4.09. The number of hydrogen-bond donors (Lipinski definition) is 1. The SMILES string of the molecule is C=CNCC(C)(C)/C(C)=C\C. The number of rotatable bonds is 4. The van der Waals surface area contributed by atoms with Gasteiger partial charge in [0.15, 0.2) is 0 Å². The second-order valence-electron chi connectivity index (χ2n) is 3.44. The lowest BCUT2D eigenvalue weighted by Crippen LogP contribution is -2.26. The van der Waals surface area contributed by atoms with Crippen LogP contribution >= 0.6 is 0 Å². The first-order valence-electron chi connectivity index (χ1n) is 4.02. The Morgan fingerprint density at radius 1 is 1.55 bits per heavy atom. The van der Waals surface area contributed by atoms with E-state index in [-0.39, 0.29) is 5.41 Å². The maximum Gasteiger partial charge on any atom is 0.0229 e. The monoisotopic (exact) mass is 153 g/mol. The maximum absolute atomic E-state index is 3.62. The summed E-state index contributed by atoms with van der Waals surface area (Å²) < 4.78 is 0. The molecule has 0 bridgehead atoms. The molecule has 0 aromatic rings. The average molecular weight is 153 g/mol. The second-order valence-corrected chi connectivity index (χ2v) is 3.44. The Kier molecular flexibility index (Phi) is 3.94. The molecule has 0 spiro atoms. The molecule has 0 aliphatic heterocycles. The van der Waals surface area contributed by atoms with Crippen LogP contribution in [0.5, 0.6) is 0 Å². The van der Waals surface area contributed by atoms with Crippen molar-refractivity contribution < 1.29 is 0 Å². The Labute approximate surface area is 70.2 Å². The molecule has 0 heterocycles. The zero-order chi connectivity index (χ0) is 8.91. The summed E-state index contributed by atoms with van der Waals surface area (Å²) in [5.74, 6) is 0. The van der Waals surface area contributed by atoms with E-state index in [0.717, 1.165) is 6.54 Å². The van der Waals surface area contributed by atoms with Crippen molar-refractivity contribution in [2.45, 2.75) is 27.7 Å². The van der Waals surface area contributed by atoms with Crippen molar-refractivity contribution in [2.24, 2.45) is 5.41 Å². The van der Waals surface area contributed by atoms with E-state index in [1.54, 1.807) is 6.20 Å². The smallest absolute Gasteiger partial charge is 0.0229 e. The molecule has 0 unspecified atom stereocenters. The molecule has 64 valence electrons. The molecule has 0 amide bonds. The second kappa shape index (κ2) is 4.22. The van der Waals surface area contributed by atoms with E-state index in [0.29, 0.717) is 0 Å². The molecule has 0 aromatic heterocycles. The van der Waals surface area contributed by atoms with Gasteiger partial charge in [-0.15, -0.1) is 0 Å². The molecule has 0 saturated carbocycles. The summed E-state index contributed by atoms with van der Waals surface area (Å²) in [5.41, 5.74) is 1.65. The molecule has 0 fully saturated rings. The van der Waals surface area contributed by atoms with E-state index in [1.807, 2.05) is 0 Å².